The topological polar surface area (TPSA) is 97.1 Å². The molecule has 0 saturated heterocycles. The number of carboxylic acids is 1. The van der Waals surface area contributed by atoms with E-state index in [0.717, 1.165) is 36.7 Å². The summed E-state index contributed by atoms with van der Waals surface area (Å²) in [4.78, 5) is 32.1. The zero-order valence-corrected chi connectivity index (χ0v) is 14.1. The standard InChI is InChI=1S/C19H18N4O3/c24-17(14-9-5-10-15(20-14)18(25)26)22-19-21-13-8-3-4-11-16(13)23(19)12-6-1-2-7-12/h3-5,8-12H,1-2,6-7H2,(H,25,26)(H,21,22,24). The highest BCUT2D eigenvalue weighted by molar-refractivity contribution is 6.03. The van der Waals surface area contributed by atoms with Crippen LogP contribution in [0.25, 0.3) is 11.0 Å². The summed E-state index contributed by atoms with van der Waals surface area (Å²) in [6.45, 7) is 0. The number of pyridine rings is 1. The minimum atomic E-state index is -1.17. The van der Waals surface area contributed by atoms with Crippen molar-refractivity contribution in [3.63, 3.8) is 0 Å². The zero-order valence-electron chi connectivity index (χ0n) is 14.1. The third kappa shape index (κ3) is 2.92. The molecule has 1 aliphatic carbocycles. The first-order chi connectivity index (χ1) is 12.6. The Hall–Kier alpha value is -3.22. The third-order valence-corrected chi connectivity index (χ3v) is 4.71. The second kappa shape index (κ2) is 6.59. The predicted octanol–water partition coefficient (Wildman–Crippen LogP) is 3.50. The highest BCUT2D eigenvalue weighted by Gasteiger charge is 2.24. The maximum absolute atomic E-state index is 12.6. The van der Waals surface area contributed by atoms with Crippen molar-refractivity contribution >= 4 is 28.9 Å². The monoisotopic (exact) mass is 350 g/mol. The SMILES string of the molecule is O=C(O)c1cccc(C(=O)Nc2nc3ccccc3n2C2CCCC2)n1. The Labute approximate surface area is 149 Å². The van der Waals surface area contributed by atoms with Crippen molar-refractivity contribution < 1.29 is 14.7 Å². The molecule has 0 unspecified atom stereocenters. The van der Waals surface area contributed by atoms with Crippen LogP contribution in [-0.4, -0.2) is 31.5 Å². The van der Waals surface area contributed by atoms with Gasteiger partial charge in [-0.25, -0.2) is 14.8 Å². The third-order valence-electron chi connectivity index (χ3n) is 4.71. The Balaban J connectivity index is 1.70. The minimum absolute atomic E-state index is 0.0509. The first kappa shape index (κ1) is 16.3. The lowest BCUT2D eigenvalue weighted by Gasteiger charge is -2.16. The molecule has 0 bridgehead atoms. The van der Waals surface area contributed by atoms with Crippen molar-refractivity contribution in [1.29, 1.82) is 0 Å². The fourth-order valence-electron chi connectivity index (χ4n) is 3.51. The molecule has 2 aromatic heterocycles. The number of aromatic nitrogens is 3. The molecule has 1 aromatic carbocycles. The lowest BCUT2D eigenvalue weighted by Crippen LogP contribution is -2.19. The second-order valence-electron chi connectivity index (χ2n) is 6.40. The van der Waals surface area contributed by atoms with E-state index in [2.05, 4.69) is 19.9 Å². The molecule has 2 N–H and O–H groups in total. The van der Waals surface area contributed by atoms with Crippen LogP contribution in [0.4, 0.5) is 5.95 Å². The fourth-order valence-corrected chi connectivity index (χ4v) is 3.51. The van der Waals surface area contributed by atoms with Crippen LogP contribution in [0.5, 0.6) is 0 Å². The highest BCUT2D eigenvalue weighted by Crippen LogP contribution is 2.35. The summed E-state index contributed by atoms with van der Waals surface area (Å²) in [5, 5.41) is 11.9. The predicted molar refractivity (Wildman–Crippen MR) is 96.4 cm³/mol. The van der Waals surface area contributed by atoms with Crippen LogP contribution in [0.3, 0.4) is 0 Å². The second-order valence-corrected chi connectivity index (χ2v) is 6.40. The lowest BCUT2D eigenvalue weighted by atomic mass is 10.2. The molecule has 7 heteroatoms. The van der Waals surface area contributed by atoms with Gasteiger partial charge in [-0.1, -0.05) is 31.0 Å². The molecular weight excluding hydrogens is 332 g/mol. The molecular formula is C19H18N4O3. The van der Waals surface area contributed by atoms with Gasteiger partial charge < -0.3 is 9.67 Å². The minimum Gasteiger partial charge on any atom is -0.477 e. The Morgan fingerprint density at radius 1 is 1.00 bits per heavy atom. The van der Waals surface area contributed by atoms with Gasteiger partial charge in [0.15, 0.2) is 0 Å². The molecule has 1 saturated carbocycles. The molecule has 132 valence electrons. The maximum Gasteiger partial charge on any atom is 0.354 e. The number of para-hydroxylation sites is 2. The quantitative estimate of drug-likeness (QED) is 0.750. The smallest absolute Gasteiger partial charge is 0.354 e. The van der Waals surface area contributed by atoms with Gasteiger partial charge in [0.1, 0.15) is 11.4 Å². The average molecular weight is 350 g/mol. The van der Waals surface area contributed by atoms with Crippen LogP contribution in [0, 0.1) is 0 Å². The summed E-state index contributed by atoms with van der Waals surface area (Å²) in [6.07, 6.45) is 4.42. The molecule has 3 aromatic rings. The van der Waals surface area contributed by atoms with Crippen molar-refractivity contribution in [3.8, 4) is 0 Å². The lowest BCUT2D eigenvalue weighted by molar-refractivity contribution is 0.0690. The van der Waals surface area contributed by atoms with E-state index in [0.29, 0.717) is 12.0 Å². The number of hydrogen-bond acceptors (Lipinski definition) is 4. The number of imidazole rings is 1. The van der Waals surface area contributed by atoms with Gasteiger partial charge in [0.25, 0.3) is 5.91 Å². The summed E-state index contributed by atoms with van der Waals surface area (Å²) >= 11 is 0. The van der Waals surface area contributed by atoms with Gasteiger partial charge >= 0.3 is 5.97 Å². The highest BCUT2D eigenvalue weighted by atomic mass is 16.4. The van der Waals surface area contributed by atoms with E-state index in [1.54, 1.807) is 0 Å². The summed E-state index contributed by atoms with van der Waals surface area (Å²) in [5.74, 6) is -1.16. The molecule has 26 heavy (non-hydrogen) atoms. The van der Waals surface area contributed by atoms with Gasteiger partial charge in [0.2, 0.25) is 5.95 Å². The van der Waals surface area contributed by atoms with E-state index in [1.165, 1.54) is 18.2 Å². The van der Waals surface area contributed by atoms with Crippen molar-refractivity contribution in [2.75, 3.05) is 5.32 Å². The van der Waals surface area contributed by atoms with Crippen molar-refractivity contribution in [2.24, 2.45) is 0 Å². The molecule has 0 radical (unpaired) electrons. The maximum atomic E-state index is 12.6. The van der Waals surface area contributed by atoms with Gasteiger partial charge in [-0.2, -0.15) is 0 Å². The number of benzene rings is 1. The number of hydrogen-bond donors (Lipinski definition) is 2. The van der Waals surface area contributed by atoms with Gasteiger partial charge in [0, 0.05) is 6.04 Å². The van der Waals surface area contributed by atoms with E-state index >= 15 is 0 Å². The first-order valence-corrected chi connectivity index (χ1v) is 8.62. The van der Waals surface area contributed by atoms with Gasteiger partial charge in [-0.15, -0.1) is 0 Å². The molecule has 1 amide bonds. The number of amides is 1. The number of carboxylic acid groups (broad SMARTS) is 1. The number of anilines is 1. The molecule has 7 nitrogen and oxygen atoms in total. The molecule has 0 atom stereocenters. The van der Waals surface area contributed by atoms with E-state index in [4.69, 9.17) is 5.11 Å². The number of carbonyl (C=O) groups is 2. The van der Waals surface area contributed by atoms with Crippen LogP contribution in [0.15, 0.2) is 42.5 Å². The van der Waals surface area contributed by atoms with E-state index in [9.17, 15) is 9.59 Å². The van der Waals surface area contributed by atoms with Gasteiger partial charge in [0.05, 0.1) is 11.0 Å². The van der Waals surface area contributed by atoms with Crippen LogP contribution < -0.4 is 5.32 Å². The number of rotatable bonds is 4. The Morgan fingerprint density at radius 3 is 2.50 bits per heavy atom. The Kier molecular flexibility index (Phi) is 4.12. The van der Waals surface area contributed by atoms with Crippen LogP contribution in [0.2, 0.25) is 0 Å². The van der Waals surface area contributed by atoms with Crippen LogP contribution in [0.1, 0.15) is 52.7 Å². The molecule has 0 spiro atoms. The average Bonchev–Trinajstić information content (AvgIpc) is 3.28. The summed E-state index contributed by atoms with van der Waals surface area (Å²) < 4.78 is 2.08. The number of aromatic carboxylic acids is 1. The van der Waals surface area contributed by atoms with Crippen molar-refractivity contribution in [3.05, 3.63) is 53.9 Å². The van der Waals surface area contributed by atoms with Gasteiger partial charge in [-0.3, -0.25) is 10.1 Å². The number of carbonyl (C=O) groups excluding carboxylic acids is 1. The normalized spacial score (nSPS) is 14.6. The zero-order chi connectivity index (χ0) is 18.1. The summed E-state index contributed by atoms with van der Waals surface area (Å²) in [7, 11) is 0. The van der Waals surface area contributed by atoms with Crippen LogP contribution in [-0.2, 0) is 0 Å². The summed E-state index contributed by atoms with van der Waals surface area (Å²) in [6, 6.07) is 12.4. The number of nitrogens with one attached hydrogen (secondary N) is 1. The van der Waals surface area contributed by atoms with Crippen LogP contribution >= 0.6 is 0 Å². The molecule has 1 aliphatic rings. The van der Waals surface area contributed by atoms with E-state index in [-0.39, 0.29) is 11.4 Å². The first-order valence-electron chi connectivity index (χ1n) is 8.62. The molecule has 0 aliphatic heterocycles. The molecule has 4 rings (SSSR count). The number of fused-ring (bicyclic) bond motifs is 1. The largest absolute Gasteiger partial charge is 0.477 e. The van der Waals surface area contributed by atoms with Crippen molar-refractivity contribution in [2.45, 2.75) is 31.7 Å². The number of nitrogens with zero attached hydrogens (tertiary/aromatic N) is 3. The molecule has 1 fully saturated rings. The Morgan fingerprint density at radius 2 is 1.73 bits per heavy atom. The van der Waals surface area contributed by atoms with E-state index < -0.39 is 11.9 Å². The molecule has 2 heterocycles. The Bertz CT molecular complexity index is 989. The summed E-state index contributed by atoms with van der Waals surface area (Å²) in [5.41, 5.74) is 1.70. The van der Waals surface area contributed by atoms with Gasteiger partial charge in [-0.05, 0) is 37.1 Å². The van der Waals surface area contributed by atoms with Crippen molar-refractivity contribution in [1.82, 2.24) is 14.5 Å². The van der Waals surface area contributed by atoms with E-state index in [1.807, 2.05) is 24.3 Å². The fraction of sp³-hybridized carbons (Fsp3) is 0.263.